The molecular weight excluding hydrogens is 164 g/mol. The van der Waals surface area contributed by atoms with Crippen LogP contribution in [0.25, 0.3) is 0 Å². The van der Waals surface area contributed by atoms with Crippen molar-refractivity contribution in [2.45, 2.75) is 25.2 Å². The van der Waals surface area contributed by atoms with Crippen molar-refractivity contribution in [1.82, 2.24) is 4.98 Å². The van der Waals surface area contributed by atoms with Crippen LogP contribution < -0.4 is 5.73 Å². The van der Waals surface area contributed by atoms with Crippen LogP contribution in [0.4, 0.5) is 0 Å². The first-order valence-corrected chi connectivity index (χ1v) is 4.39. The van der Waals surface area contributed by atoms with Crippen LogP contribution in [0.2, 0.25) is 0 Å². The van der Waals surface area contributed by atoms with E-state index in [0.29, 0.717) is 5.69 Å². The zero-order chi connectivity index (χ0) is 9.47. The van der Waals surface area contributed by atoms with E-state index in [2.05, 4.69) is 11.9 Å². The summed E-state index contributed by atoms with van der Waals surface area (Å²) < 4.78 is 0. The zero-order valence-corrected chi connectivity index (χ0v) is 7.58. The van der Waals surface area contributed by atoms with Gasteiger partial charge in [0.2, 0.25) is 0 Å². The van der Waals surface area contributed by atoms with E-state index in [1.165, 1.54) is 0 Å². The van der Waals surface area contributed by atoms with Crippen molar-refractivity contribution in [2.75, 3.05) is 0 Å². The Morgan fingerprint density at radius 2 is 2.31 bits per heavy atom. The molecule has 1 amide bonds. The predicted octanol–water partition coefficient (Wildman–Crippen LogP) is 1.23. The third-order valence-corrected chi connectivity index (χ3v) is 2.69. The second-order valence-corrected chi connectivity index (χ2v) is 3.82. The summed E-state index contributed by atoms with van der Waals surface area (Å²) in [6, 6.07) is 3.80. The van der Waals surface area contributed by atoms with E-state index in [-0.39, 0.29) is 5.41 Å². The molecule has 1 aliphatic carbocycles. The third kappa shape index (κ3) is 1.30. The Kier molecular flexibility index (Phi) is 1.62. The van der Waals surface area contributed by atoms with E-state index in [1.54, 1.807) is 6.20 Å². The molecule has 0 aliphatic heterocycles. The Labute approximate surface area is 77.0 Å². The monoisotopic (exact) mass is 176 g/mol. The van der Waals surface area contributed by atoms with Crippen LogP contribution in [0, 0.1) is 0 Å². The average molecular weight is 176 g/mol. The Balaban J connectivity index is 2.50. The van der Waals surface area contributed by atoms with Gasteiger partial charge in [0.05, 0.1) is 0 Å². The smallest absolute Gasteiger partial charge is 0.267 e. The number of aromatic nitrogens is 1. The minimum absolute atomic E-state index is 0.151. The van der Waals surface area contributed by atoms with E-state index in [1.807, 2.05) is 12.1 Å². The molecule has 1 saturated carbocycles. The van der Waals surface area contributed by atoms with Crippen molar-refractivity contribution in [1.29, 1.82) is 0 Å². The number of hydrogen-bond acceptors (Lipinski definition) is 2. The molecule has 0 radical (unpaired) electrons. The van der Waals surface area contributed by atoms with Crippen molar-refractivity contribution in [3.63, 3.8) is 0 Å². The number of nitrogens with zero attached hydrogens (tertiary/aromatic N) is 1. The second-order valence-electron chi connectivity index (χ2n) is 3.82. The molecule has 3 heteroatoms. The van der Waals surface area contributed by atoms with Crippen molar-refractivity contribution >= 4 is 5.91 Å². The first-order valence-electron chi connectivity index (χ1n) is 4.39. The molecule has 0 atom stereocenters. The highest BCUT2D eigenvalue weighted by molar-refractivity contribution is 5.92. The Hall–Kier alpha value is -1.38. The molecule has 3 nitrogen and oxygen atoms in total. The van der Waals surface area contributed by atoms with Gasteiger partial charge in [-0.25, -0.2) is 0 Å². The molecule has 0 unspecified atom stereocenters. The van der Waals surface area contributed by atoms with Gasteiger partial charge < -0.3 is 5.73 Å². The van der Waals surface area contributed by atoms with Gasteiger partial charge in [-0.3, -0.25) is 9.78 Å². The largest absolute Gasteiger partial charge is 0.364 e. The van der Waals surface area contributed by atoms with Gasteiger partial charge in [0.1, 0.15) is 5.69 Å². The summed E-state index contributed by atoms with van der Waals surface area (Å²) in [5.41, 5.74) is 6.82. The van der Waals surface area contributed by atoms with Gasteiger partial charge in [0.15, 0.2) is 0 Å². The summed E-state index contributed by atoms with van der Waals surface area (Å²) in [4.78, 5) is 15.1. The average Bonchev–Trinajstić information content (AvgIpc) is 2.85. The first-order chi connectivity index (χ1) is 6.13. The third-order valence-electron chi connectivity index (χ3n) is 2.69. The van der Waals surface area contributed by atoms with Gasteiger partial charge in [-0.1, -0.05) is 13.0 Å². The quantitative estimate of drug-likeness (QED) is 0.736. The lowest BCUT2D eigenvalue weighted by molar-refractivity contribution is 0.0994. The SMILES string of the molecule is CC1(c2cccnc2C(N)=O)CC1. The van der Waals surface area contributed by atoms with E-state index < -0.39 is 5.91 Å². The molecule has 0 saturated heterocycles. The molecule has 2 N–H and O–H groups in total. The highest BCUT2D eigenvalue weighted by Gasteiger charge is 2.41. The van der Waals surface area contributed by atoms with Crippen molar-refractivity contribution in [3.05, 3.63) is 29.6 Å². The maximum Gasteiger partial charge on any atom is 0.267 e. The topological polar surface area (TPSA) is 56.0 Å². The lowest BCUT2D eigenvalue weighted by atomic mass is 9.96. The Morgan fingerprint density at radius 3 is 2.85 bits per heavy atom. The van der Waals surface area contributed by atoms with Gasteiger partial charge in [-0.2, -0.15) is 0 Å². The molecule has 13 heavy (non-hydrogen) atoms. The molecule has 1 fully saturated rings. The van der Waals surface area contributed by atoms with Crippen LogP contribution >= 0.6 is 0 Å². The van der Waals surface area contributed by atoms with Crippen LogP contribution in [-0.2, 0) is 5.41 Å². The van der Waals surface area contributed by atoms with Crippen molar-refractivity contribution in [3.8, 4) is 0 Å². The summed E-state index contributed by atoms with van der Waals surface area (Å²) in [6.45, 7) is 2.14. The van der Waals surface area contributed by atoms with Gasteiger partial charge >= 0.3 is 0 Å². The number of primary amides is 1. The van der Waals surface area contributed by atoms with Crippen LogP contribution in [0.1, 0.15) is 35.8 Å². The summed E-state index contributed by atoms with van der Waals surface area (Å²) >= 11 is 0. The van der Waals surface area contributed by atoms with Crippen LogP contribution in [-0.4, -0.2) is 10.9 Å². The first kappa shape index (κ1) is 8.23. The standard InChI is InChI=1S/C10H12N2O/c1-10(4-5-10)7-3-2-6-12-8(7)9(11)13/h2-3,6H,4-5H2,1H3,(H2,11,13). The van der Waals surface area contributed by atoms with Crippen LogP contribution in [0.5, 0.6) is 0 Å². The summed E-state index contributed by atoms with van der Waals surface area (Å²) in [7, 11) is 0. The summed E-state index contributed by atoms with van der Waals surface area (Å²) in [5, 5.41) is 0. The van der Waals surface area contributed by atoms with E-state index in [9.17, 15) is 4.79 Å². The Bertz CT molecular complexity index is 356. The minimum atomic E-state index is -0.427. The molecule has 68 valence electrons. The molecule has 0 aromatic carbocycles. The number of carbonyl (C=O) groups excluding carboxylic acids is 1. The van der Waals surface area contributed by atoms with Gasteiger partial charge in [-0.05, 0) is 29.9 Å². The molecule has 2 rings (SSSR count). The number of rotatable bonds is 2. The zero-order valence-electron chi connectivity index (χ0n) is 7.58. The second kappa shape index (κ2) is 2.55. The van der Waals surface area contributed by atoms with E-state index in [4.69, 9.17) is 5.73 Å². The molecule has 1 aliphatic rings. The summed E-state index contributed by atoms with van der Waals surface area (Å²) in [5.74, 6) is -0.427. The van der Waals surface area contributed by atoms with Gasteiger partial charge in [-0.15, -0.1) is 0 Å². The molecule has 1 aromatic heterocycles. The summed E-state index contributed by atoms with van der Waals surface area (Å²) in [6.07, 6.45) is 3.85. The van der Waals surface area contributed by atoms with Crippen LogP contribution in [0.15, 0.2) is 18.3 Å². The maximum atomic E-state index is 11.1. The molecular formula is C10H12N2O. The predicted molar refractivity (Wildman–Crippen MR) is 49.3 cm³/mol. The number of hydrogen-bond donors (Lipinski definition) is 1. The fourth-order valence-electron chi connectivity index (χ4n) is 1.55. The molecule has 1 aromatic rings. The number of amides is 1. The van der Waals surface area contributed by atoms with E-state index >= 15 is 0 Å². The lowest BCUT2D eigenvalue weighted by Gasteiger charge is -2.10. The maximum absolute atomic E-state index is 11.1. The van der Waals surface area contributed by atoms with Crippen molar-refractivity contribution < 1.29 is 4.79 Å². The minimum Gasteiger partial charge on any atom is -0.364 e. The number of nitrogens with two attached hydrogens (primary N) is 1. The van der Waals surface area contributed by atoms with E-state index in [0.717, 1.165) is 18.4 Å². The normalized spacial score (nSPS) is 18.2. The molecule has 0 bridgehead atoms. The fourth-order valence-corrected chi connectivity index (χ4v) is 1.55. The number of carbonyl (C=O) groups is 1. The highest BCUT2D eigenvalue weighted by atomic mass is 16.1. The fraction of sp³-hybridized carbons (Fsp3) is 0.400. The molecule has 0 spiro atoms. The highest BCUT2D eigenvalue weighted by Crippen LogP contribution is 2.48. The van der Waals surface area contributed by atoms with Gasteiger partial charge in [0, 0.05) is 6.20 Å². The van der Waals surface area contributed by atoms with Crippen molar-refractivity contribution in [2.24, 2.45) is 5.73 Å². The lowest BCUT2D eigenvalue weighted by Crippen LogP contribution is -2.18. The van der Waals surface area contributed by atoms with Crippen LogP contribution in [0.3, 0.4) is 0 Å². The number of pyridine rings is 1. The molecule has 1 heterocycles. The van der Waals surface area contributed by atoms with Gasteiger partial charge in [0.25, 0.3) is 5.91 Å². The Morgan fingerprint density at radius 1 is 1.62 bits per heavy atom.